The number of nitrogens with zero attached hydrogens (tertiary/aromatic N) is 1. The molecule has 6 nitrogen and oxygen atoms in total. The Morgan fingerprint density at radius 3 is 2.48 bits per heavy atom. The average molecular weight is 465 g/mol. The Morgan fingerprint density at radius 1 is 1.19 bits per heavy atom. The second kappa shape index (κ2) is 9.59. The molecule has 3 rings (SSSR count). The number of anilines is 1. The van der Waals surface area contributed by atoms with E-state index in [-0.39, 0.29) is 35.7 Å². The third-order valence-electron chi connectivity index (χ3n) is 5.82. The van der Waals surface area contributed by atoms with Gasteiger partial charge in [-0.05, 0) is 61.1 Å². The molecule has 0 unspecified atom stereocenters. The first-order valence-electron chi connectivity index (χ1n) is 10.4. The zero-order chi connectivity index (χ0) is 22.8. The standard InChI is InChI=1S/C23H29ClN2O4S/c1-15(2)18-8-9-21(30-4)22(14-18)31(28,29)26-12-10-17(11-13-26)23(27)25-20-7-5-6-19(24)16(20)3/h5-9,14-15,17H,10-13H2,1-4H3,(H,25,27). The van der Waals surface area contributed by atoms with Crippen LogP contribution in [0, 0.1) is 12.8 Å². The van der Waals surface area contributed by atoms with Gasteiger partial charge in [0, 0.05) is 29.7 Å². The van der Waals surface area contributed by atoms with E-state index in [1.165, 1.54) is 11.4 Å². The van der Waals surface area contributed by atoms with Crippen LogP contribution >= 0.6 is 11.6 Å². The van der Waals surface area contributed by atoms with Crippen LogP contribution in [0.25, 0.3) is 0 Å². The second-order valence-corrected chi connectivity index (χ2v) is 10.5. The Kier molecular flexibility index (Phi) is 7.29. The summed E-state index contributed by atoms with van der Waals surface area (Å²) in [4.78, 5) is 12.9. The van der Waals surface area contributed by atoms with Crippen LogP contribution in [-0.4, -0.2) is 38.8 Å². The number of ether oxygens (including phenoxy) is 1. The van der Waals surface area contributed by atoms with E-state index in [1.54, 1.807) is 24.3 Å². The van der Waals surface area contributed by atoms with Crippen LogP contribution in [0.4, 0.5) is 5.69 Å². The number of methoxy groups -OCH3 is 1. The molecule has 8 heteroatoms. The van der Waals surface area contributed by atoms with Gasteiger partial charge in [0.25, 0.3) is 0 Å². The number of amides is 1. The number of piperidine rings is 1. The minimum absolute atomic E-state index is 0.109. The minimum atomic E-state index is -3.72. The molecule has 1 aliphatic rings. The summed E-state index contributed by atoms with van der Waals surface area (Å²) < 4.78 is 33.4. The normalized spacial score (nSPS) is 15.8. The van der Waals surface area contributed by atoms with Crippen molar-refractivity contribution in [2.24, 2.45) is 5.92 Å². The summed E-state index contributed by atoms with van der Waals surface area (Å²) in [5.74, 6) is 0.167. The molecule has 0 aliphatic carbocycles. The smallest absolute Gasteiger partial charge is 0.246 e. The summed E-state index contributed by atoms with van der Waals surface area (Å²) in [6.45, 7) is 6.45. The highest BCUT2D eigenvalue weighted by Crippen LogP contribution is 2.33. The van der Waals surface area contributed by atoms with Gasteiger partial charge in [-0.2, -0.15) is 4.31 Å². The number of nitrogens with one attached hydrogen (secondary N) is 1. The summed E-state index contributed by atoms with van der Waals surface area (Å²) >= 11 is 6.13. The van der Waals surface area contributed by atoms with Crippen LogP contribution in [0.1, 0.15) is 43.7 Å². The predicted molar refractivity (Wildman–Crippen MR) is 123 cm³/mol. The molecule has 168 valence electrons. The number of benzene rings is 2. The van der Waals surface area contributed by atoms with Gasteiger partial charge >= 0.3 is 0 Å². The van der Waals surface area contributed by atoms with Crippen molar-refractivity contribution in [2.75, 3.05) is 25.5 Å². The maximum Gasteiger partial charge on any atom is 0.246 e. The third kappa shape index (κ3) is 5.05. The van der Waals surface area contributed by atoms with Gasteiger partial charge in [0.1, 0.15) is 10.6 Å². The van der Waals surface area contributed by atoms with Crippen molar-refractivity contribution in [3.05, 3.63) is 52.5 Å². The van der Waals surface area contributed by atoms with Crippen LogP contribution in [0.5, 0.6) is 5.75 Å². The van der Waals surface area contributed by atoms with Crippen molar-refractivity contribution in [3.8, 4) is 5.75 Å². The van der Waals surface area contributed by atoms with Gasteiger partial charge in [0.2, 0.25) is 15.9 Å². The van der Waals surface area contributed by atoms with E-state index in [1.807, 2.05) is 32.9 Å². The number of hydrogen-bond donors (Lipinski definition) is 1. The summed E-state index contributed by atoms with van der Waals surface area (Å²) in [7, 11) is -2.25. The van der Waals surface area contributed by atoms with Crippen LogP contribution in [0.3, 0.4) is 0 Å². The van der Waals surface area contributed by atoms with Gasteiger partial charge in [-0.1, -0.05) is 37.6 Å². The molecule has 0 spiro atoms. The van der Waals surface area contributed by atoms with E-state index in [9.17, 15) is 13.2 Å². The SMILES string of the molecule is COc1ccc(C(C)C)cc1S(=O)(=O)N1CCC(C(=O)Nc2cccc(Cl)c2C)CC1. The molecule has 1 amide bonds. The molecule has 0 radical (unpaired) electrons. The number of hydrogen-bond acceptors (Lipinski definition) is 4. The fourth-order valence-electron chi connectivity index (χ4n) is 3.73. The summed E-state index contributed by atoms with van der Waals surface area (Å²) in [5.41, 5.74) is 2.43. The first-order valence-corrected chi connectivity index (χ1v) is 12.2. The molecule has 1 aliphatic heterocycles. The van der Waals surface area contributed by atoms with Crippen molar-refractivity contribution in [3.63, 3.8) is 0 Å². The molecule has 1 heterocycles. The zero-order valence-electron chi connectivity index (χ0n) is 18.3. The first kappa shape index (κ1) is 23.6. The third-order valence-corrected chi connectivity index (χ3v) is 8.15. The fourth-order valence-corrected chi connectivity index (χ4v) is 5.56. The molecule has 1 saturated heterocycles. The van der Waals surface area contributed by atoms with Crippen molar-refractivity contribution in [2.45, 2.75) is 44.4 Å². The fraction of sp³-hybridized carbons (Fsp3) is 0.435. The quantitative estimate of drug-likeness (QED) is 0.664. The van der Waals surface area contributed by atoms with Gasteiger partial charge in [0.15, 0.2) is 0 Å². The Balaban J connectivity index is 1.72. The lowest BCUT2D eigenvalue weighted by Crippen LogP contribution is -2.41. The molecule has 0 bridgehead atoms. The van der Waals surface area contributed by atoms with Crippen molar-refractivity contribution in [1.29, 1.82) is 0 Å². The van der Waals surface area contributed by atoms with E-state index in [4.69, 9.17) is 16.3 Å². The number of sulfonamides is 1. The van der Waals surface area contributed by atoms with Crippen molar-refractivity contribution in [1.82, 2.24) is 4.31 Å². The van der Waals surface area contributed by atoms with Crippen LogP contribution in [0.2, 0.25) is 5.02 Å². The molecular weight excluding hydrogens is 436 g/mol. The highest BCUT2D eigenvalue weighted by molar-refractivity contribution is 7.89. The topological polar surface area (TPSA) is 75.7 Å². The maximum atomic E-state index is 13.3. The Bertz CT molecular complexity index is 1060. The second-order valence-electron chi connectivity index (χ2n) is 8.15. The van der Waals surface area contributed by atoms with Crippen LogP contribution in [-0.2, 0) is 14.8 Å². The number of halogens is 1. The summed E-state index contributed by atoms with van der Waals surface area (Å²) in [6.07, 6.45) is 0.910. The van der Waals surface area contributed by atoms with E-state index < -0.39 is 10.0 Å². The minimum Gasteiger partial charge on any atom is -0.495 e. The van der Waals surface area contributed by atoms with E-state index in [0.29, 0.717) is 29.3 Å². The van der Waals surface area contributed by atoms with Crippen molar-refractivity contribution >= 4 is 33.2 Å². The number of rotatable bonds is 6. The summed E-state index contributed by atoms with van der Waals surface area (Å²) in [5, 5.41) is 3.53. The Morgan fingerprint density at radius 2 is 1.87 bits per heavy atom. The number of carbonyl (C=O) groups excluding carboxylic acids is 1. The zero-order valence-corrected chi connectivity index (χ0v) is 19.9. The summed E-state index contributed by atoms with van der Waals surface area (Å²) in [6, 6.07) is 10.7. The van der Waals surface area contributed by atoms with Gasteiger partial charge in [-0.25, -0.2) is 8.42 Å². The van der Waals surface area contributed by atoms with Gasteiger partial charge in [0.05, 0.1) is 7.11 Å². The van der Waals surface area contributed by atoms with Crippen LogP contribution < -0.4 is 10.1 Å². The Hall–Kier alpha value is -2.09. The molecule has 31 heavy (non-hydrogen) atoms. The molecular formula is C23H29ClN2O4S. The molecule has 1 N–H and O–H groups in total. The largest absolute Gasteiger partial charge is 0.495 e. The molecule has 2 aromatic rings. The lowest BCUT2D eigenvalue weighted by Gasteiger charge is -2.31. The molecule has 0 saturated carbocycles. The van der Waals surface area contributed by atoms with Gasteiger partial charge in [-0.15, -0.1) is 0 Å². The predicted octanol–water partition coefficient (Wildman–Crippen LogP) is 4.82. The van der Waals surface area contributed by atoms with Gasteiger partial charge < -0.3 is 10.1 Å². The van der Waals surface area contributed by atoms with E-state index in [2.05, 4.69) is 5.32 Å². The van der Waals surface area contributed by atoms with Gasteiger partial charge in [-0.3, -0.25) is 4.79 Å². The number of carbonyl (C=O) groups is 1. The molecule has 0 atom stereocenters. The first-order chi connectivity index (χ1) is 14.6. The maximum absolute atomic E-state index is 13.3. The molecule has 2 aromatic carbocycles. The Labute approximate surface area is 189 Å². The average Bonchev–Trinajstić information content (AvgIpc) is 2.76. The van der Waals surface area contributed by atoms with E-state index >= 15 is 0 Å². The highest BCUT2D eigenvalue weighted by atomic mass is 35.5. The van der Waals surface area contributed by atoms with Crippen molar-refractivity contribution < 1.29 is 17.9 Å². The highest BCUT2D eigenvalue weighted by Gasteiger charge is 2.34. The monoisotopic (exact) mass is 464 g/mol. The molecule has 1 fully saturated rings. The lowest BCUT2D eigenvalue weighted by molar-refractivity contribution is -0.120. The van der Waals surface area contributed by atoms with E-state index in [0.717, 1.165) is 11.1 Å². The molecule has 0 aromatic heterocycles. The lowest BCUT2D eigenvalue weighted by atomic mass is 9.97. The van der Waals surface area contributed by atoms with Crippen LogP contribution in [0.15, 0.2) is 41.3 Å².